The van der Waals surface area contributed by atoms with E-state index >= 15 is 0 Å². The summed E-state index contributed by atoms with van der Waals surface area (Å²) >= 11 is 1.55. The summed E-state index contributed by atoms with van der Waals surface area (Å²) in [5, 5.41) is 0.639. The van der Waals surface area contributed by atoms with Gasteiger partial charge in [-0.25, -0.2) is 4.98 Å². The zero-order valence-corrected chi connectivity index (χ0v) is 11.5. The first-order chi connectivity index (χ1) is 9.31. The van der Waals surface area contributed by atoms with Crippen molar-refractivity contribution in [2.75, 3.05) is 36.9 Å². The zero-order valence-electron chi connectivity index (χ0n) is 10.7. The summed E-state index contributed by atoms with van der Waals surface area (Å²) in [6, 6.07) is 8.73. The maximum absolute atomic E-state index is 5.64. The van der Waals surface area contributed by atoms with E-state index in [0.29, 0.717) is 5.13 Å². The monoisotopic (exact) mass is 275 g/mol. The number of aromatic nitrogens is 1. The van der Waals surface area contributed by atoms with Gasteiger partial charge >= 0.3 is 0 Å². The standard InChI is InChI=1S/C14H17N3OS/c15-14-16-10-13(19-14)9-11-1-3-12(4-2-11)17-5-7-18-8-6-17/h1-4,10H,5-9H2,(H2,15,16). The van der Waals surface area contributed by atoms with Crippen molar-refractivity contribution in [2.45, 2.75) is 6.42 Å². The van der Waals surface area contributed by atoms with E-state index in [1.165, 1.54) is 16.1 Å². The number of hydrogen-bond acceptors (Lipinski definition) is 5. The van der Waals surface area contributed by atoms with Gasteiger partial charge in [0.15, 0.2) is 5.13 Å². The first-order valence-corrected chi connectivity index (χ1v) is 7.25. The molecule has 0 bridgehead atoms. The molecule has 2 heterocycles. The number of nitrogens with two attached hydrogens (primary N) is 1. The second-order valence-corrected chi connectivity index (χ2v) is 5.75. The molecule has 19 heavy (non-hydrogen) atoms. The smallest absolute Gasteiger partial charge is 0.180 e. The van der Waals surface area contributed by atoms with E-state index in [9.17, 15) is 0 Å². The van der Waals surface area contributed by atoms with Crippen molar-refractivity contribution >= 4 is 22.2 Å². The van der Waals surface area contributed by atoms with Crippen LogP contribution in [0.2, 0.25) is 0 Å². The number of hydrogen-bond donors (Lipinski definition) is 1. The summed E-state index contributed by atoms with van der Waals surface area (Å²) < 4.78 is 5.37. The Balaban J connectivity index is 1.68. The van der Waals surface area contributed by atoms with Gasteiger partial charge in [0.05, 0.1) is 13.2 Å². The minimum Gasteiger partial charge on any atom is -0.378 e. The third kappa shape index (κ3) is 3.05. The molecule has 4 nitrogen and oxygen atoms in total. The number of thiazole rings is 1. The Morgan fingerprint density at radius 1 is 1.21 bits per heavy atom. The number of nitrogen functional groups attached to an aromatic ring is 1. The molecule has 1 saturated heterocycles. The molecular weight excluding hydrogens is 258 g/mol. The van der Waals surface area contributed by atoms with Crippen molar-refractivity contribution in [1.29, 1.82) is 0 Å². The van der Waals surface area contributed by atoms with E-state index in [4.69, 9.17) is 10.5 Å². The second-order valence-electron chi connectivity index (χ2n) is 4.61. The molecule has 1 fully saturated rings. The Kier molecular flexibility index (Phi) is 3.66. The molecule has 1 aliphatic rings. The molecular formula is C14H17N3OS. The van der Waals surface area contributed by atoms with Crippen LogP contribution in [0.3, 0.4) is 0 Å². The van der Waals surface area contributed by atoms with Gasteiger partial charge in [0.25, 0.3) is 0 Å². The lowest BCUT2D eigenvalue weighted by Gasteiger charge is -2.28. The van der Waals surface area contributed by atoms with Crippen LogP contribution in [-0.4, -0.2) is 31.3 Å². The van der Waals surface area contributed by atoms with E-state index < -0.39 is 0 Å². The molecule has 0 saturated carbocycles. The van der Waals surface area contributed by atoms with Gasteiger partial charge in [0.2, 0.25) is 0 Å². The Bertz CT molecular complexity index is 532. The largest absolute Gasteiger partial charge is 0.378 e. The predicted molar refractivity (Wildman–Crippen MR) is 78.8 cm³/mol. The van der Waals surface area contributed by atoms with Crippen LogP contribution in [-0.2, 0) is 11.2 Å². The lowest BCUT2D eigenvalue weighted by molar-refractivity contribution is 0.122. The predicted octanol–water partition coefficient (Wildman–Crippen LogP) is 2.15. The molecule has 0 atom stereocenters. The topological polar surface area (TPSA) is 51.4 Å². The van der Waals surface area contributed by atoms with E-state index in [1.807, 2.05) is 6.20 Å². The molecule has 0 spiro atoms. The molecule has 0 amide bonds. The van der Waals surface area contributed by atoms with Gasteiger partial charge in [0.1, 0.15) is 0 Å². The molecule has 1 aromatic carbocycles. The number of nitrogens with zero attached hydrogens (tertiary/aromatic N) is 2. The second kappa shape index (κ2) is 5.59. The van der Waals surface area contributed by atoms with Crippen LogP contribution in [0.4, 0.5) is 10.8 Å². The summed E-state index contributed by atoms with van der Waals surface area (Å²) in [5.74, 6) is 0. The highest BCUT2D eigenvalue weighted by Gasteiger charge is 2.10. The number of ether oxygens (including phenoxy) is 1. The van der Waals surface area contributed by atoms with E-state index in [0.717, 1.165) is 32.7 Å². The van der Waals surface area contributed by atoms with Crippen molar-refractivity contribution in [1.82, 2.24) is 4.98 Å². The normalized spacial score (nSPS) is 15.7. The summed E-state index contributed by atoms with van der Waals surface area (Å²) in [6.07, 6.45) is 2.76. The van der Waals surface area contributed by atoms with Crippen LogP contribution in [0, 0.1) is 0 Å². The van der Waals surface area contributed by atoms with Gasteiger partial charge in [-0.3, -0.25) is 0 Å². The van der Waals surface area contributed by atoms with Gasteiger partial charge in [-0.15, -0.1) is 11.3 Å². The molecule has 1 aromatic heterocycles. The number of benzene rings is 1. The third-order valence-corrected chi connectivity index (χ3v) is 4.09. The molecule has 5 heteroatoms. The summed E-state index contributed by atoms with van der Waals surface area (Å²) in [6.45, 7) is 3.60. The molecule has 3 rings (SSSR count). The lowest BCUT2D eigenvalue weighted by Crippen LogP contribution is -2.36. The summed E-state index contributed by atoms with van der Waals surface area (Å²) in [5.41, 5.74) is 8.21. The minimum atomic E-state index is 0.639. The van der Waals surface area contributed by atoms with Crippen LogP contribution >= 0.6 is 11.3 Å². The fourth-order valence-electron chi connectivity index (χ4n) is 2.25. The average Bonchev–Trinajstić information content (AvgIpc) is 2.86. The molecule has 100 valence electrons. The Hall–Kier alpha value is -1.59. The molecule has 0 radical (unpaired) electrons. The maximum Gasteiger partial charge on any atom is 0.180 e. The SMILES string of the molecule is Nc1ncc(Cc2ccc(N3CCOCC3)cc2)s1. The first-order valence-electron chi connectivity index (χ1n) is 6.43. The molecule has 2 aromatic rings. The van der Waals surface area contributed by atoms with Crippen LogP contribution in [0.5, 0.6) is 0 Å². The van der Waals surface area contributed by atoms with Crippen LogP contribution in [0.25, 0.3) is 0 Å². The molecule has 0 aliphatic carbocycles. The van der Waals surface area contributed by atoms with Gasteiger partial charge in [-0.05, 0) is 17.7 Å². The fourth-order valence-corrected chi connectivity index (χ4v) is 2.97. The summed E-state index contributed by atoms with van der Waals surface area (Å²) in [4.78, 5) is 7.64. The molecule has 0 unspecified atom stereocenters. The maximum atomic E-state index is 5.64. The lowest BCUT2D eigenvalue weighted by atomic mass is 10.1. The average molecular weight is 275 g/mol. The third-order valence-electron chi connectivity index (χ3n) is 3.26. The Morgan fingerprint density at radius 3 is 2.58 bits per heavy atom. The Morgan fingerprint density at radius 2 is 1.95 bits per heavy atom. The van der Waals surface area contributed by atoms with Gasteiger partial charge < -0.3 is 15.4 Å². The van der Waals surface area contributed by atoms with E-state index in [1.54, 1.807) is 11.3 Å². The van der Waals surface area contributed by atoms with Crippen LogP contribution < -0.4 is 10.6 Å². The van der Waals surface area contributed by atoms with Gasteiger partial charge in [-0.1, -0.05) is 12.1 Å². The van der Waals surface area contributed by atoms with Crippen molar-refractivity contribution in [3.05, 3.63) is 40.9 Å². The highest BCUT2D eigenvalue weighted by molar-refractivity contribution is 7.15. The number of anilines is 2. The highest BCUT2D eigenvalue weighted by Crippen LogP contribution is 2.21. The van der Waals surface area contributed by atoms with Crippen LogP contribution in [0.15, 0.2) is 30.5 Å². The van der Waals surface area contributed by atoms with Gasteiger partial charge in [-0.2, -0.15) is 0 Å². The van der Waals surface area contributed by atoms with Crippen molar-refractivity contribution in [3.63, 3.8) is 0 Å². The number of rotatable bonds is 3. The van der Waals surface area contributed by atoms with Crippen molar-refractivity contribution < 1.29 is 4.74 Å². The molecule has 2 N–H and O–H groups in total. The zero-order chi connectivity index (χ0) is 13.1. The quantitative estimate of drug-likeness (QED) is 0.932. The van der Waals surface area contributed by atoms with Gasteiger partial charge in [0, 0.05) is 36.3 Å². The fraction of sp³-hybridized carbons (Fsp3) is 0.357. The van der Waals surface area contributed by atoms with Crippen LogP contribution in [0.1, 0.15) is 10.4 Å². The summed E-state index contributed by atoms with van der Waals surface area (Å²) in [7, 11) is 0. The first kappa shape index (κ1) is 12.4. The highest BCUT2D eigenvalue weighted by atomic mass is 32.1. The van der Waals surface area contributed by atoms with E-state index in [2.05, 4.69) is 34.1 Å². The van der Waals surface area contributed by atoms with Crippen molar-refractivity contribution in [2.24, 2.45) is 0 Å². The Labute approximate surface area is 116 Å². The van der Waals surface area contributed by atoms with E-state index in [-0.39, 0.29) is 0 Å². The number of morpholine rings is 1. The van der Waals surface area contributed by atoms with Crippen molar-refractivity contribution in [3.8, 4) is 0 Å². The minimum absolute atomic E-state index is 0.639. The molecule has 1 aliphatic heterocycles.